The van der Waals surface area contributed by atoms with Gasteiger partial charge in [-0.3, -0.25) is 9.11 Å². The Hall–Kier alpha value is -6.16. The predicted molar refractivity (Wildman–Crippen MR) is 252 cm³/mol. The van der Waals surface area contributed by atoms with Crippen molar-refractivity contribution in [2.24, 2.45) is 0 Å². The summed E-state index contributed by atoms with van der Waals surface area (Å²) in [6, 6.07) is 46.3. The SMILES string of the molecule is O=S(=O)(O)c1cc(Nc2cc(Oc3ccccc3)nc(Oc3ccccc3)n2)ccc1C=Cc1ccc(Nc2cc(Oc3ccccc3)nc(Oc3ccccc3)n2)cc1S(=O)(=O)O.[NaH].[NaH]. The molecule has 2 aromatic heterocycles. The van der Waals surface area contributed by atoms with Crippen LogP contribution < -0.4 is 29.6 Å². The van der Waals surface area contributed by atoms with Crippen molar-refractivity contribution in [2.75, 3.05) is 10.6 Å². The minimum atomic E-state index is -4.86. The zero-order chi connectivity index (χ0) is 44.5. The molecule has 66 heavy (non-hydrogen) atoms. The normalized spacial score (nSPS) is 11.1. The number of ether oxygens (including phenoxy) is 4. The van der Waals surface area contributed by atoms with Crippen LogP contribution in [0.15, 0.2) is 180 Å². The van der Waals surface area contributed by atoms with Gasteiger partial charge < -0.3 is 29.6 Å². The first-order chi connectivity index (χ1) is 30.9. The van der Waals surface area contributed by atoms with Crippen molar-refractivity contribution in [3.05, 3.63) is 181 Å². The summed E-state index contributed by atoms with van der Waals surface area (Å²) in [5, 5.41) is 6.00. The van der Waals surface area contributed by atoms with E-state index in [0.717, 1.165) is 12.1 Å². The number of hydrogen-bond acceptors (Lipinski definition) is 14. The van der Waals surface area contributed by atoms with Crippen LogP contribution >= 0.6 is 0 Å². The molecule has 324 valence electrons. The Balaban J connectivity index is 0.00000360. The molecule has 4 N–H and O–H groups in total. The van der Waals surface area contributed by atoms with Gasteiger partial charge in [0.05, 0.1) is 0 Å². The molecule has 2 heterocycles. The van der Waals surface area contributed by atoms with E-state index in [2.05, 4.69) is 30.6 Å². The third-order valence-corrected chi connectivity index (χ3v) is 10.6. The van der Waals surface area contributed by atoms with Gasteiger partial charge in [0.2, 0.25) is 11.8 Å². The van der Waals surface area contributed by atoms with Crippen LogP contribution in [-0.4, -0.2) is 105 Å². The standard InChI is InChI=1S/C46H34N6O10S2.2Na.2H/c53-63(54,55)39-27-33(47-41-29-43(59-35-13-5-1-6-14-35)51-45(49-41)61-37-17-9-3-10-18-37)25-23-31(39)21-22-32-24-26-34(28-40(32)64(56,57)58)48-42-30-44(60-36-15-7-2-8-16-36)52-46(50-42)62-38-19-11-4-12-20-38;;;;/h1-30H,(H,47,49,51)(H,48,50,52)(H,53,54,55)(H,56,57,58);;;;. The molecular weight excluding hydrogens is 907 g/mol. The van der Waals surface area contributed by atoms with Crippen LogP contribution in [0.5, 0.6) is 46.8 Å². The van der Waals surface area contributed by atoms with Crippen LogP contribution in [0.25, 0.3) is 12.2 Å². The first kappa shape index (κ1) is 49.3. The van der Waals surface area contributed by atoms with Gasteiger partial charge in [0.25, 0.3) is 20.2 Å². The fourth-order valence-corrected chi connectivity index (χ4v) is 7.38. The summed E-state index contributed by atoms with van der Waals surface area (Å²) >= 11 is 0. The molecule has 0 spiro atoms. The molecule has 8 rings (SSSR count). The number of rotatable bonds is 16. The third-order valence-electron chi connectivity index (χ3n) is 8.77. The third kappa shape index (κ3) is 13.7. The summed E-state index contributed by atoms with van der Waals surface area (Å²) in [4.78, 5) is 16.5. The molecule has 0 bridgehead atoms. The van der Waals surface area contributed by atoms with Gasteiger partial charge in [-0.2, -0.15) is 36.8 Å². The maximum absolute atomic E-state index is 12.7. The van der Waals surface area contributed by atoms with E-state index in [9.17, 15) is 25.9 Å². The van der Waals surface area contributed by atoms with Gasteiger partial charge in [0.15, 0.2) is 0 Å². The average Bonchev–Trinajstić information content (AvgIpc) is 3.27. The number of anilines is 4. The first-order valence-electron chi connectivity index (χ1n) is 19.0. The fourth-order valence-electron chi connectivity index (χ4n) is 5.96. The van der Waals surface area contributed by atoms with Crippen LogP contribution in [-0.2, 0) is 20.2 Å². The van der Waals surface area contributed by atoms with Gasteiger partial charge in [0.1, 0.15) is 44.4 Å². The van der Waals surface area contributed by atoms with Crippen LogP contribution in [0, 0.1) is 0 Å². The molecule has 0 saturated heterocycles. The molecule has 0 unspecified atom stereocenters. The van der Waals surface area contributed by atoms with Gasteiger partial charge in [-0.05, 0) is 83.9 Å². The quantitative estimate of drug-likeness (QED) is 0.0403. The Morgan fingerprint density at radius 1 is 0.409 bits per heavy atom. The van der Waals surface area contributed by atoms with E-state index < -0.39 is 30.0 Å². The number of para-hydroxylation sites is 4. The number of benzene rings is 6. The maximum atomic E-state index is 12.7. The fraction of sp³-hybridized carbons (Fsp3) is 0. The Kier molecular flexibility index (Phi) is 16.7. The minimum absolute atomic E-state index is 0. The van der Waals surface area contributed by atoms with E-state index >= 15 is 0 Å². The van der Waals surface area contributed by atoms with Gasteiger partial charge in [-0.1, -0.05) is 97.1 Å². The average molecular weight is 943 g/mol. The van der Waals surface area contributed by atoms with Gasteiger partial charge in [-0.15, -0.1) is 0 Å². The van der Waals surface area contributed by atoms with Gasteiger partial charge >= 0.3 is 71.1 Å². The Morgan fingerprint density at radius 2 is 0.727 bits per heavy atom. The van der Waals surface area contributed by atoms with Crippen LogP contribution in [0.3, 0.4) is 0 Å². The van der Waals surface area contributed by atoms with Crippen molar-refractivity contribution in [3.8, 4) is 46.8 Å². The number of nitrogens with one attached hydrogen (secondary N) is 2. The van der Waals surface area contributed by atoms with Crippen molar-refractivity contribution in [2.45, 2.75) is 9.79 Å². The van der Waals surface area contributed by atoms with E-state index in [1.165, 1.54) is 48.6 Å². The number of hydrogen-bond donors (Lipinski definition) is 4. The molecule has 0 aliphatic heterocycles. The molecule has 0 amide bonds. The van der Waals surface area contributed by atoms with Crippen LogP contribution in [0.2, 0.25) is 0 Å². The van der Waals surface area contributed by atoms with E-state index in [4.69, 9.17) is 18.9 Å². The second kappa shape index (κ2) is 22.4. The van der Waals surface area contributed by atoms with E-state index in [0.29, 0.717) is 23.0 Å². The molecule has 20 heteroatoms. The molecule has 8 aromatic rings. The number of aromatic nitrogens is 4. The van der Waals surface area contributed by atoms with E-state index in [1.54, 1.807) is 97.1 Å². The molecule has 0 radical (unpaired) electrons. The second-order valence-electron chi connectivity index (χ2n) is 13.4. The Bertz CT molecular complexity index is 2850. The molecule has 0 saturated carbocycles. The summed E-state index contributed by atoms with van der Waals surface area (Å²) in [5.74, 6) is 2.42. The van der Waals surface area contributed by atoms with E-state index in [-0.39, 0.29) is 117 Å². The van der Waals surface area contributed by atoms with Gasteiger partial charge in [0, 0.05) is 23.5 Å². The summed E-state index contributed by atoms with van der Waals surface area (Å²) < 4.78 is 95.1. The number of nitrogens with zero attached hydrogens (tertiary/aromatic N) is 4. The van der Waals surface area contributed by atoms with Crippen LogP contribution in [0.1, 0.15) is 11.1 Å². The van der Waals surface area contributed by atoms with Crippen molar-refractivity contribution in [3.63, 3.8) is 0 Å². The summed E-state index contributed by atoms with van der Waals surface area (Å²) in [5.41, 5.74) is 0.345. The topological polar surface area (TPSA) is 221 Å². The van der Waals surface area contributed by atoms with Gasteiger partial charge in [-0.25, -0.2) is 0 Å². The molecule has 0 aliphatic carbocycles. The molecule has 0 fully saturated rings. The molecule has 0 atom stereocenters. The Morgan fingerprint density at radius 3 is 1.05 bits per heavy atom. The monoisotopic (exact) mass is 942 g/mol. The zero-order valence-corrected chi connectivity index (χ0v) is 34.7. The molecule has 16 nitrogen and oxygen atoms in total. The second-order valence-corrected chi connectivity index (χ2v) is 16.2. The molecule has 6 aromatic carbocycles. The summed E-state index contributed by atoms with van der Waals surface area (Å²) in [6.07, 6.45) is 2.55. The zero-order valence-electron chi connectivity index (χ0n) is 33.1. The summed E-state index contributed by atoms with van der Waals surface area (Å²) in [6.45, 7) is 0. The van der Waals surface area contributed by atoms with Crippen molar-refractivity contribution in [1.29, 1.82) is 0 Å². The molecule has 0 aliphatic rings. The van der Waals surface area contributed by atoms with Crippen molar-refractivity contribution >= 4 is 115 Å². The van der Waals surface area contributed by atoms with Crippen molar-refractivity contribution < 1.29 is 44.9 Å². The predicted octanol–water partition coefficient (Wildman–Crippen LogP) is 9.29. The molecular formula is C46H36N6Na2O10S2. The first-order valence-corrected chi connectivity index (χ1v) is 21.9. The van der Waals surface area contributed by atoms with E-state index in [1.807, 2.05) is 24.3 Å². The Labute approximate surface area is 423 Å². The van der Waals surface area contributed by atoms with Crippen molar-refractivity contribution in [1.82, 2.24) is 19.9 Å². The van der Waals surface area contributed by atoms with Crippen LogP contribution in [0.4, 0.5) is 23.0 Å². The summed E-state index contributed by atoms with van der Waals surface area (Å²) in [7, 11) is -9.72.